The zero-order chi connectivity index (χ0) is 17.3. The highest BCUT2D eigenvalue weighted by Gasteiger charge is 2.17. The Bertz CT molecular complexity index is 912. The van der Waals surface area contributed by atoms with Crippen molar-refractivity contribution in [3.63, 3.8) is 0 Å². The molecule has 5 heteroatoms. The number of rotatable bonds is 3. The number of esters is 1. The third-order valence-corrected chi connectivity index (χ3v) is 3.82. The van der Waals surface area contributed by atoms with Gasteiger partial charge in [-0.2, -0.15) is 0 Å². The van der Waals surface area contributed by atoms with Crippen LogP contribution in [0.5, 0.6) is 5.75 Å². The zero-order valence-corrected chi connectivity index (χ0v) is 13.1. The highest BCUT2D eigenvalue weighted by molar-refractivity contribution is 6.01. The quantitative estimate of drug-likeness (QED) is 0.660. The summed E-state index contributed by atoms with van der Waals surface area (Å²) in [5, 5.41) is 1.32. The Balaban J connectivity index is 2.28. The highest BCUT2D eigenvalue weighted by atomic mass is 19.1. The van der Waals surface area contributed by atoms with E-state index in [-0.39, 0.29) is 11.3 Å². The molecule has 0 bridgehead atoms. The average Bonchev–Trinajstić information content (AvgIpc) is 2.60. The summed E-state index contributed by atoms with van der Waals surface area (Å²) in [5.74, 6) is -1.88. The number of halogens is 2. The van der Waals surface area contributed by atoms with Crippen LogP contribution in [0.4, 0.5) is 8.78 Å². The lowest BCUT2D eigenvalue weighted by atomic mass is 9.96. The highest BCUT2D eigenvalue weighted by Crippen LogP contribution is 2.35. The van der Waals surface area contributed by atoms with Crippen molar-refractivity contribution in [2.45, 2.75) is 0 Å². The number of ether oxygens (including phenoxy) is 2. The predicted molar refractivity (Wildman–Crippen MR) is 87.2 cm³/mol. The zero-order valence-electron chi connectivity index (χ0n) is 13.1. The number of hydrogen-bond donors (Lipinski definition) is 0. The van der Waals surface area contributed by atoms with Crippen molar-refractivity contribution in [3.8, 4) is 16.9 Å². The predicted octanol–water partition coefficient (Wildman–Crippen LogP) is 4.58. The van der Waals surface area contributed by atoms with Crippen LogP contribution in [-0.2, 0) is 4.74 Å². The van der Waals surface area contributed by atoms with E-state index < -0.39 is 17.6 Å². The Morgan fingerprint density at radius 2 is 1.67 bits per heavy atom. The maximum atomic E-state index is 14.4. The molecule has 0 fully saturated rings. The molecule has 0 heterocycles. The summed E-state index contributed by atoms with van der Waals surface area (Å²) < 4.78 is 38.4. The molecule has 3 aromatic rings. The van der Waals surface area contributed by atoms with Gasteiger partial charge in [-0.05, 0) is 28.5 Å². The third-order valence-electron chi connectivity index (χ3n) is 3.82. The van der Waals surface area contributed by atoms with Gasteiger partial charge in [-0.25, -0.2) is 13.6 Å². The second kappa shape index (κ2) is 6.28. The normalized spacial score (nSPS) is 10.7. The minimum Gasteiger partial charge on any atom is -0.497 e. The van der Waals surface area contributed by atoms with Crippen LogP contribution in [0.25, 0.3) is 21.9 Å². The molecule has 0 saturated heterocycles. The van der Waals surface area contributed by atoms with Crippen molar-refractivity contribution in [3.05, 3.63) is 65.7 Å². The summed E-state index contributed by atoms with van der Waals surface area (Å²) in [6, 6.07) is 12.3. The lowest BCUT2D eigenvalue weighted by Crippen LogP contribution is -2.01. The minimum absolute atomic E-state index is 0.101. The monoisotopic (exact) mass is 328 g/mol. The van der Waals surface area contributed by atoms with Crippen LogP contribution >= 0.6 is 0 Å². The molecular weight excluding hydrogens is 314 g/mol. The molecule has 0 amide bonds. The number of hydrogen-bond acceptors (Lipinski definition) is 3. The van der Waals surface area contributed by atoms with Gasteiger partial charge >= 0.3 is 5.97 Å². The van der Waals surface area contributed by atoms with Crippen molar-refractivity contribution < 1.29 is 23.0 Å². The largest absolute Gasteiger partial charge is 0.497 e. The molecule has 0 radical (unpaired) electrons. The van der Waals surface area contributed by atoms with E-state index in [9.17, 15) is 13.6 Å². The third kappa shape index (κ3) is 2.69. The molecule has 0 aliphatic rings. The molecule has 0 atom stereocenters. The van der Waals surface area contributed by atoms with Gasteiger partial charge in [0, 0.05) is 12.1 Å². The first-order valence-electron chi connectivity index (χ1n) is 7.19. The number of carbonyl (C=O) groups excluding carboxylic acids is 1. The van der Waals surface area contributed by atoms with Crippen molar-refractivity contribution >= 4 is 16.7 Å². The first-order chi connectivity index (χ1) is 11.5. The second-order valence-electron chi connectivity index (χ2n) is 5.20. The number of carbonyl (C=O) groups is 1. The summed E-state index contributed by atoms with van der Waals surface area (Å²) in [6.07, 6.45) is 0. The maximum Gasteiger partial charge on any atom is 0.337 e. The van der Waals surface area contributed by atoms with Crippen LogP contribution < -0.4 is 4.74 Å². The first kappa shape index (κ1) is 15.9. The summed E-state index contributed by atoms with van der Waals surface area (Å²) >= 11 is 0. The van der Waals surface area contributed by atoms with Crippen LogP contribution in [0.3, 0.4) is 0 Å². The molecule has 3 nitrogen and oxygen atoms in total. The molecule has 24 heavy (non-hydrogen) atoms. The van der Waals surface area contributed by atoms with Gasteiger partial charge in [0.1, 0.15) is 17.4 Å². The molecule has 0 unspecified atom stereocenters. The lowest BCUT2D eigenvalue weighted by molar-refractivity contribution is 0.0601. The topological polar surface area (TPSA) is 35.5 Å². The molecule has 0 spiro atoms. The van der Waals surface area contributed by atoms with Gasteiger partial charge in [0.15, 0.2) is 0 Å². The molecule has 3 aromatic carbocycles. The summed E-state index contributed by atoms with van der Waals surface area (Å²) in [7, 11) is 2.62. The molecular formula is C19H14F2O3. The van der Waals surface area contributed by atoms with E-state index in [1.54, 1.807) is 36.4 Å². The molecule has 0 saturated carbocycles. The van der Waals surface area contributed by atoms with E-state index in [4.69, 9.17) is 9.47 Å². The molecule has 0 aliphatic heterocycles. The molecule has 0 aromatic heterocycles. The molecule has 0 aliphatic carbocycles. The minimum atomic E-state index is -0.733. The van der Waals surface area contributed by atoms with Gasteiger partial charge in [-0.3, -0.25) is 0 Å². The van der Waals surface area contributed by atoms with Crippen LogP contribution in [0.1, 0.15) is 10.4 Å². The Morgan fingerprint density at radius 1 is 0.958 bits per heavy atom. The van der Waals surface area contributed by atoms with Gasteiger partial charge in [-0.15, -0.1) is 0 Å². The number of fused-ring (bicyclic) bond motifs is 1. The van der Waals surface area contributed by atoms with Crippen molar-refractivity contribution in [1.29, 1.82) is 0 Å². The SMILES string of the molecule is COC(=O)c1ccc2cccc(-c3c(F)cc(OC)cc3F)c2c1. The van der Waals surface area contributed by atoms with Gasteiger partial charge in [0.05, 0.1) is 25.3 Å². The fraction of sp³-hybridized carbons (Fsp3) is 0.105. The van der Waals surface area contributed by atoms with Crippen LogP contribution in [0.2, 0.25) is 0 Å². The van der Waals surface area contributed by atoms with Crippen molar-refractivity contribution in [2.75, 3.05) is 14.2 Å². The molecule has 122 valence electrons. The second-order valence-corrected chi connectivity index (χ2v) is 5.20. The van der Waals surface area contributed by atoms with Crippen LogP contribution in [0.15, 0.2) is 48.5 Å². The van der Waals surface area contributed by atoms with Gasteiger partial charge in [0.2, 0.25) is 0 Å². The molecule has 0 N–H and O–H groups in total. The van der Waals surface area contributed by atoms with E-state index in [2.05, 4.69) is 0 Å². The fourth-order valence-electron chi connectivity index (χ4n) is 2.66. The van der Waals surface area contributed by atoms with Gasteiger partial charge < -0.3 is 9.47 Å². The Hall–Kier alpha value is -2.95. The first-order valence-corrected chi connectivity index (χ1v) is 7.19. The van der Waals surface area contributed by atoms with E-state index in [0.717, 1.165) is 17.5 Å². The average molecular weight is 328 g/mol. The van der Waals surface area contributed by atoms with E-state index in [1.807, 2.05) is 0 Å². The van der Waals surface area contributed by atoms with Gasteiger partial charge in [0.25, 0.3) is 0 Å². The van der Waals surface area contributed by atoms with Gasteiger partial charge in [-0.1, -0.05) is 24.3 Å². The smallest absolute Gasteiger partial charge is 0.337 e. The maximum absolute atomic E-state index is 14.4. The van der Waals surface area contributed by atoms with Crippen molar-refractivity contribution in [2.24, 2.45) is 0 Å². The lowest BCUT2D eigenvalue weighted by Gasteiger charge is -2.11. The Labute approximate surface area is 137 Å². The van der Waals surface area contributed by atoms with Crippen molar-refractivity contribution in [1.82, 2.24) is 0 Å². The Morgan fingerprint density at radius 3 is 2.29 bits per heavy atom. The summed E-state index contributed by atoms with van der Waals surface area (Å²) in [4.78, 5) is 11.7. The van der Waals surface area contributed by atoms with E-state index in [0.29, 0.717) is 16.5 Å². The van der Waals surface area contributed by atoms with E-state index >= 15 is 0 Å². The van der Waals surface area contributed by atoms with Crippen LogP contribution in [0, 0.1) is 11.6 Å². The van der Waals surface area contributed by atoms with Crippen LogP contribution in [-0.4, -0.2) is 20.2 Å². The fourth-order valence-corrected chi connectivity index (χ4v) is 2.66. The number of methoxy groups -OCH3 is 2. The van der Waals surface area contributed by atoms with E-state index in [1.165, 1.54) is 14.2 Å². The summed E-state index contributed by atoms with van der Waals surface area (Å²) in [5.41, 5.74) is 0.506. The summed E-state index contributed by atoms with van der Waals surface area (Å²) in [6.45, 7) is 0. The number of benzene rings is 3. The molecule has 3 rings (SSSR count). The Kier molecular flexibility index (Phi) is 4.16. The standard InChI is InChI=1S/C19H14F2O3/c1-23-13-9-16(20)18(17(21)10-13)14-5-3-4-11-6-7-12(8-15(11)14)19(22)24-2/h3-10H,1-2H3.